The van der Waals surface area contributed by atoms with Crippen LogP contribution >= 0.6 is 11.3 Å². The second-order valence-corrected chi connectivity index (χ2v) is 7.11. The van der Waals surface area contributed by atoms with E-state index in [0.29, 0.717) is 16.1 Å². The van der Waals surface area contributed by atoms with Crippen molar-refractivity contribution < 1.29 is 9.18 Å². The van der Waals surface area contributed by atoms with Crippen molar-refractivity contribution in [2.45, 2.75) is 13.8 Å². The zero-order valence-electron chi connectivity index (χ0n) is 14.3. The van der Waals surface area contributed by atoms with E-state index in [4.69, 9.17) is 0 Å². The van der Waals surface area contributed by atoms with Crippen LogP contribution in [-0.2, 0) is 0 Å². The summed E-state index contributed by atoms with van der Waals surface area (Å²) < 4.78 is 15.5. The van der Waals surface area contributed by atoms with E-state index in [1.807, 2.05) is 48.0 Å². The van der Waals surface area contributed by atoms with E-state index >= 15 is 0 Å². The van der Waals surface area contributed by atoms with Gasteiger partial charge in [-0.1, -0.05) is 24.3 Å². The number of nitrogens with zero attached hydrogens (tertiary/aromatic N) is 2. The van der Waals surface area contributed by atoms with E-state index in [1.54, 1.807) is 19.1 Å². The maximum Gasteiger partial charge on any atom is 0.265 e. The van der Waals surface area contributed by atoms with Gasteiger partial charge in [0.25, 0.3) is 5.91 Å². The number of hydrogen-bond acceptors (Lipinski definition) is 3. The quantitative estimate of drug-likeness (QED) is 0.549. The number of para-hydroxylation sites is 1. The molecule has 4 aromatic rings. The third kappa shape index (κ3) is 2.88. The summed E-state index contributed by atoms with van der Waals surface area (Å²) >= 11 is 1.37. The van der Waals surface area contributed by atoms with Crippen molar-refractivity contribution in [2.24, 2.45) is 0 Å². The molecule has 2 aromatic heterocycles. The van der Waals surface area contributed by atoms with Gasteiger partial charge in [-0.2, -0.15) is 5.10 Å². The Balaban J connectivity index is 1.69. The van der Waals surface area contributed by atoms with Gasteiger partial charge in [0, 0.05) is 11.1 Å². The van der Waals surface area contributed by atoms with Crippen LogP contribution in [0.1, 0.15) is 20.9 Å². The van der Waals surface area contributed by atoms with Gasteiger partial charge in [-0.3, -0.25) is 4.79 Å². The maximum absolute atomic E-state index is 13.7. The van der Waals surface area contributed by atoms with Crippen LogP contribution in [0.3, 0.4) is 0 Å². The fourth-order valence-corrected chi connectivity index (χ4v) is 3.84. The number of aromatic nitrogens is 2. The second-order valence-electron chi connectivity index (χ2n) is 6.08. The number of carbonyl (C=O) groups is 1. The minimum atomic E-state index is -0.338. The number of rotatable bonds is 3. The highest BCUT2D eigenvalue weighted by atomic mass is 32.1. The van der Waals surface area contributed by atoms with Gasteiger partial charge in [-0.25, -0.2) is 9.07 Å². The van der Waals surface area contributed by atoms with Crippen molar-refractivity contribution in [1.82, 2.24) is 9.78 Å². The number of benzene rings is 2. The van der Waals surface area contributed by atoms with Crippen molar-refractivity contribution >= 4 is 33.1 Å². The van der Waals surface area contributed by atoms with E-state index < -0.39 is 0 Å². The van der Waals surface area contributed by atoms with Gasteiger partial charge in [0.15, 0.2) is 0 Å². The first-order chi connectivity index (χ1) is 12.5. The maximum atomic E-state index is 13.7. The van der Waals surface area contributed by atoms with Crippen molar-refractivity contribution in [1.29, 1.82) is 0 Å². The average molecular weight is 365 g/mol. The standard InChI is InChI=1S/C20H16FN3OS/c1-12-8-9-14(10-17(12)21)22-19(25)18-11-16-13(2)23-24(20(16)26-18)15-6-4-3-5-7-15/h3-11H,1-2H3,(H,22,25). The summed E-state index contributed by atoms with van der Waals surface area (Å²) in [5.74, 6) is -0.594. The molecule has 0 saturated heterocycles. The summed E-state index contributed by atoms with van der Waals surface area (Å²) in [5, 5.41) is 8.27. The molecule has 0 spiro atoms. The van der Waals surface area contributed by atoms with Gasteiger partial charge in [0.05, 0.1) is 16.3 Å². The molecule has 4 nitrogen and oxygen atoms in total. The average Bonchev–Trinajstić information content (AvgIpc) is 3.20. The van der Waals surface area contributed by atoms with Crippen molar-refractivity contribution in [3.05, 3.63) is 76.5 Å². The molecule has 0 saturated carbocycles. The highest BCUT2D eigenvalue weighted by molar-refractivity contribution is 7.20. The van der Waals surface area contributed by atoms with Crippen molar-refractivity contribution in [3.63, 3.8) is 0 Å². The number of aryl methyl sites for hydroxylation is 2. The van der Waals surface area contributed by atoms with Crippen molar-refractivity contribution in [2.75, 3.05) is 5.32 Å². The summed E-state index contributed by atoms with van der Waals surface area (Å²) in [5.41, 5.74) is 2.79. The smallest absolute Gasteiger partial charge is 0.265 e. The molecule has 4 rings (SSSR count). The number of anilines is 1. The lowest BCUT2D eigenvalue weighted by molar-refractivity contribution is 0.103. The molecule has 0 unspecified atom stereocenters. The predicted octanol–water partition coefficient (Wildman–Crippen LogP) is 5.10. The molecule has 0 aliphatic carbocycles. The number of nitrogens with one attached hydrogen (secondary N) is 1. The first-order valence-corrected chi connectivity index (χ1v) is 8.96. The number of halogens is 1. The molecule has 6 heteroatoms. The number of amides is 1. The molecule has 0 atom stereocenters. The van der Waals surface area contributed by atoms with Crippen LogP contribution in [0.15, 0.2) is 54.6 Å². The Hall–Kier alpha value is -2.99. The van der Waals surface area contributed by atoms with E-state index in [2.05, 4.69) is 10.4 Å². The molecule has 26 heavy (non-hydrogen) atoms. The lowest BCUT2D eigenvalue weighted by Gasteiger charge is -2.05. The van der Waals surface area contributed by atoms with Gasteiger partial charge < -0.3 is 5.32 Å². The van der Waals surface area contributed by atoms with Crippen LogP contribution in [0.25, 0.3) is 15.9 Å². The molecule has 0 fully saturated rings. The van der Waals surface area contributed by atoms with Crippen LogP contribution in [0.4, 0.5) is 10.1 Å². The monoisotopic (exact) mass is 365 g/mol. The van der Waals surface area contributed by atoms with E-state index in [1.165, 1.54) is 17.4 Å². The van der Waals surface area contributed by atoms with Gasteiger partial charge in [0.1, 0.15) is 10.6 Å². The minimum Gasteiger partial charge on any atom is -0.321 e. The fourth-order valence-electron chi connectivity index (χ4n) is 2.77. The van der Waals surface area contributed by atoms with Gasteiger partial charge >= 0.3 is 0 Å². The predicted molar refractivity (Wildman–Crippen MR) is 103 cm³/mol. The van der Waals surface area contributed by atoms with Crippen LogP contribution in [-0.4, -0.2) is 15.7 Å². The van der Waals surface area contributed by atoms with Gasteiger partial charge in [-0.05, 0) is 49.7 Å². The SMILES string of the molecule is Cc1ccc(NC(=O)c2cc3c(C)nn(-c4ccccc4)c3s2)cc1F. The topological polar surface area (TPSA) is 46.9 Å². The zero-order chi connectivity index (χ0) is 18.3. The van der Waals surface area contributed by atoms with E-state index in [0.717, 1.165) is 21.6 Å². The molecule has 0 bridgehead atoms. The number of fused-ring (bicyclic) bond motifs is 1. The summed E-state index contributed by atoms with van der Waals surface area (Å²) in [7, 11) is 0. The summed E-state index contributed by atoms with van der Waals surface area (Å²) in [6, 6.07) is 16.3. The Labute approximate surface area is 153 Å². The molecule has 1 N–H and O–H groups in total. The lowest BCUT2D eigenvalue weighted by Crippen LogP contribution is -2.10. The van der Waals surface area contributed by atoms with E-state index in [9.17, 15) is 9.18 Å². The minimum absolute atomic E-state index is 0.256. The fraction of sp³-hybridized carbons (Fsp3) is 0.100. The summed E-state index contributed by atoms with van der Waals surface area (Å²) in [6.45, 7) is 3.61. The highest BCUT2D eigenvalue weighted by Crippen LogP contribution is 2.31. The third-order valence-electron chi connectivity index (χ3n) is 4.20. The van der Waals surface area contributed by atoms with Crippen LogP contribution in [0.2, 0.25) is 0 Å². The highest BCUT2D eigenvalue weighted by Gasteiger charge is 2.17. The molecule has 1 amide bonds. The Kier molecular flexibility index (Phi) is 4.05. The van der Waals surface area contributed by atoms with Crippen molar-refractivity contribution in [3.8, 4) is 5.69 Å². The largest absolute Gasteiger partial charge is 0.321 e. The van der Waals surface area contributed by atoms with Crippen LogP contribution < -0.4 is 5.32 Å². The van der Waals surface area contributed by atoms with Crippen LogP contribution in [0, 0.1) is 19.7 Å². The normalized spacial score (nSPS) is 11.0. The molecular formula is C20H16FN3OS. The first kappa shape index (κ1) is 16.5. The molecule has 130 valence electrons. The van der Waals surface area contributed by atoms with Gasteiger partial charge in [0.2, 0.25) is 0 Å². The van der Waals surface area contributed by atoms with E-state index in [-0.39, 0.29) is 11.7 Å². The third-order valence-corrected chi connectivity index (χ3v) is 5.31. The summed E-state index contributed by atoms with van der Waals surface area (Å²) in [4.78, 5) is 14.1. The zero-order valence-corrected chi connectivity index (χ0v) is 15.1. The Morgan fingerprint density at radius 2 is 1.88 bits per heavy atom. The molecule has 2 heterocycles. The Morgan fingerprint density at radius 3 is 2.62 bits per heavy atom. The Morgan fingerprint density at radius 1 is 1.12 bits per heavy atom. The summed E-state index contributed by atoms with van der Waals surface area (Å²) in [6.07, 6.45) is 0. The number of carbonyl (C=O) groups excluding carboxylic acids is 1. The Bertz CT molecular complexity index is 1120. The number of thiophene rings is 1. The number of hydrogen-bond donors (Lipinski definition) is 1. The second kappa shape index (κ2) is 6.38. The first-order valence-electron chi connectivity index (χ1n) is 8.15. The molecular weight excluding hydrogens is 349 g/mol. The molecule has 0 aliphatic heterocycles. The molecule has 0 aliphatic rings. The lowest BCUT2D eigenvalue weighted by atomic mass is 10.2. The van der Waals surface area contributed by atoms with Gasteiger partial charge in [-0.15, -0.1) is 11.3 Å². The molecule has 2 aromatic carbocycles. The van der Waals surface area contributed by atoms with Crippen LogP contribution in [0.5, 0.6) is 0 Å². The molecule has 0 radical (unpaired) electrons.